The van der Waals surface area contributed by atoms with Crippen LogP contribution in [0.15, 0.2) is 65.5 Å². The van der Waals surface area contributed by atoms with E-state index in [9.17, 15) is 14.5 Å². The molecule has 9 nitrogen and oxygen atoms in total. The van der Waals surface area contributed by atoms with E-state index in [-0.39, 0.29) is 23.7 Å². The molecule has 0 amide bonds. The minimum Gasteiger partial charge on any atom is -0.487 e. The summed E-state index contributed by atoms with van der Waals surface area (Å²) in [6.07, 6.45) is 11.0. The Balaban J connectivity index is 1.23. The van der Waals surface area contributed by atoms with Crippen molar-refractivity contribution in [3.05, 3.63) is 99.8 Å². The number of aromatic nitrogens is 4. The van der Waals surface area contributed by atoms with Crippen molar-refractivity contribution in [3.63, 3.8) is 0 Å². The maximum Gasteiger partial charge on any atom is 0.272 e. The first-order valence-corrected chi connectivity index (χ1v) is 10.7. The van der Waals surface area contributed by atoms with Gasteiger partial charge in [-0.25, -0.2) is 9.37 Å². The van der Waals surface area contributed by atoms with Gasteiger partial charge in [-0.05, 0) is 49.1 Å². The van der Waals surface area contributed by atoms with Crippen LogP contribution >= 0.6 is 0 Å². The van der Waals surface area contributed by atoms with Gasteiger partial charge in [0.1, 0.15) is 30.1 Å². The number of aryl methyl sites for hydroxylation is 2. The van der Waals surface area contributed by atoms with Crippen LogP contribution in [-0.2, 0) is 19.6 Å². The molecule has 0 unspecified atom stereocenters. The van der Waals surface area contributed by atoms with E-state index in [1.165, 1.54) is 36.1 Å². The Morgan fingerprint density at radius 1 is 1.15 bits per heavy atom. The number of nitrogens with zero attached hydrogens (tertiary/aromatic N) is 5. The summed E-state index contributed by atoms with van der Waals surface area (Å²) >= 11 is 0. The van der Waals surface area contributed by atoms with E-state index < -0.39 is 10.7 Å². The van der Waals surface area contributed by atoms with Crippen LogP contribution in [0.4, 0.5) is 10.1 Å². The Kier molecular flexibility index (Phi) is 7.39. The van der Waals surface area contributed by atoms with Gasteiger partial charge in [-0.15, -0.1) is 5.10 Å². The second-order valence-electron chi connectivity index (χ2n) is 7.53. The number of rotatable bonds is 11. The van der Waals surface area contributed by atoms with Crippen molar-refractivity contribution in [1.29, 1.82) is 0 Å². The number of nitro groups is 1. The number of ether oxygens (including phenoxy) is 1. The van der Waals surface area contributed by atoms with Crippen LogP contribution in [-0.4, -0.2) is 24.9 Å². The second kappa shape index (κ2) is 11.0. The average Bonchev–Trinajstić information content (AvgIpc) is 3.52. The monoisotopic (exact) mass is 463 g/mol. The molecule has 0 spiro atoms. The summed E-state index contributed by atoms with van der Waals surface area (Å²) in [5, 5.41) is 18.4. The molecule has 0 aliphatic rings. The molecule has 0 bridgehead atoms. The Hall–Kier alpha value is -4.34. The average molecular weight is 463 g/mol. The number of nitro benzene ring substituents is 1. The molecule has 10 heteroatoms. The molecule has 2 heterocycles. The molecule has 0 aliphatic carbocycles. The molecule has 0 atom stereocenters. The summed E-state index contributed by atoms with van der Waals surface area (Å²) in [5.74, 6) is 0.302. The zero-order chi connectivity index (χ0) is 23.8. The molecule has 4 rings (SSSR count). The molecule has 34 heavy (non-hydrogen) atoms. The van der Waals surface area contributed by atoms with Crippen LogP contribution in [0.5, 0.6) is 5.75 Å². The number of hydrogen-bond acceptors (Lipinski definition) is 7. The van der Waals surface area contributed by atoms with E-state index in [1.54, 1.807) is 6.20 Å². The number of non-ortho nitro benzene ring substituents is 1. The highest BCUT2D eigenvalue weighted by Crippen LogP contribution is 2.19. The van der Waals surface area contributed by atoms with Gasteiger partial charge in [-0.3, -0.25) is 14.8 Å². The summed E-state index contributed by atoms with van der Waals surface area (Å²) in [4.78, 5) is 14.3. The number of benzene rings is 2. The fourth-order valence-electron chi connectivity index (χ4n) is 3.26. The first-order chi connectivity index (χ1) is 16.6. The maximum atomic E-state index is 14.0. The van der Waals surface area contributed by atoms with E-state index >= 15 is 0 Å². The van der Waals surface area contributed by atoms with Crippen molar-refractivity contribution >= 4 is 17.8 Å². The van der Waals surface area contributed by atoms with E-state index in [0.29, 0.717) is 5.69 Å². The van der Waals surface area contributed by atoms with E-state index in [0.717, 1.165) is 37.6 Å². The second-order valence-corrected chi connectivity index (χ2v) is 7.53. The highest BCUT2D eigenvalue weighted by atomic mass is 19.1. The van der Waals surface area contributed by atoms with Gasteiger partial charge in [0.15, 0.2) is 0 Å². The third-order valence-corrected chi connectivity index (χ3v) is 5.05. The minimum absolute atomic E-state index is 0.195. The molecule has 0 aliphatic heterocycles. The van der Waals surface area contributed by atoms with Crippen LogP contribution in [0, 0.1) is 15.9 Å². The largest absolute Gasteiger partial charge is 0.487 e. The lowest BCUT2D eigenvalue weighted by Gasteiger charge is -2.06. The van der Waals surface area contributed by atoms with Gasteiger partial charge in [0, 0.05) is 30.4 Å². The molecule has 174 valence electrons. The topological polar surface area (TPSA) is 109 Å². The number of halogens is 1. The standard InChI is InChI=1S/C24H22FN5O4/c25-23-15-21(30(31)32)8-6-19(23)7-11-24-27-20(17-34-24)16-33-22-9-4-18(5-10-22)3-1-2-13-29-14-12-26-28-29/h4-12,14-15,17H,1-3,13,16H2. The lowest BCUT2D eigenvalue weighted by Crippen LogP contribution is -1.99. The maximum absolute atomic E-state index is 14.0. The van der Waals surface area contributed by atoms with Crippen LogP contribution in [0.1, 0.15) is 35.6 Å². The summed E-state index contributed by atoms with van der Waals surface area (Å²) in [5.41, 5.74) is 1.71. The SMILES string of the molecule is O=[N+]([O-])c1ccc(C=Cc2nc(COc3ccc(CCCCn4ccnn4)cc3)co2)c(F)c1. The molecular weight excluding hydrogens is 441 g/mol. The van der Waals surface area contributed by atoms with Gasteiger partial charge in [0.25, 0.3) is 5.69 Å². The van der Waals surface area contributed by atoms with Crippen molar-refractivity contribution in [2.24, 2.45) is 0 Å². The van der Waals surface area contributed by atoms with E-state index in [4.69, 9.17) is 9.15 Å². The van der Waals surface area contributed by atoms with Crippen molar-refractivity contribution in [2.75, 3.05) is 0 Å². The summed E-state index contributed by atoms with van der Waals surface area (Å²) in [7, 11) is 0. The zero-order valence-electron chi connectivity index (χ0n) is 18.2. The van der Waals surface area contributed by atoms with Gasteiger partial charge >= 0.3 is 0 Å². The predicted molar refractivity (Wildman–Crippen MR) is 122 cm³/mol. The lowest BCUT2D eigenvalue weighted by atomic mass is 10.1. The fourth-order valence-corrected chi connectivity index (χ4v) is 3.26. The molecule has 0 saturated carbocycles. The number of hydrogen-bond donors (Lipinski definition) is 0. The van der Waals surface area contributed by atoms with Crippen molar-refractivity contribution < 1.29 is 18.5 Å². The van der Waals surface area contributed by atoms with Gasteiger partial charge in [-0.1, -0.05) is 17.3 Å². The van der Waals surface area contributed by atoms with E-state index in [1.807, 2.05) is 35.1 Å². The Morgan fingerprint density at radius 3 is 2.74 bits per heavy atom. The molecule has 0 saturated heterocycles. The first kappa shape index (κ1) is 22.8. The third-order valence-electron chi connectivity index (χ3n) is 5.05. The smallest absolute Gasteiger partial charge is 0.272 e. The number of unbranched alkanes of at least 4 members (excludes halogenated alkanes) is 1. The highest BCUT2D eigenvalue weighted by Gasteiger charge is 2.09. The van der Waals surface area contributed by atoms with Crippen molar-refractivity contribution in [3.8, 4) is 5.75 Å². The van der Waals surface area contributed by atoms with Gasteiger partial charge in [0.2, 0.25) is 5.89 Å². The fraction of sp³-hybridized carbons (Fsp3) is 0.208. The van der Waals surface area contributed by atoms with Crippen LogP contribution in [0.25, 0.3) is 12.2 Å². The summed E-state index contributed by atoms with van der Waals surface area (Å²) in [6, 6.07) is 11.4. The zero-order valence-corrected chi connectivity index (χ0v) is 18.2. The van der Waals surface area contributed by atoms with Crippen LogP contribution in [0.2, 0.25) is 0 Å². The van der Waals surface area contributed by atoms with Gasteiger partial charge < -0.3 is 9.15 Å². The Labute approximate surface area is 194 Å². The molecule has 2 aromatic carbocycles. The van der Waals surface area contributed by atoms with Gasteiger partial charge in [-0.2, -0.15) is 0 Å². The summed E-state index contributed by atoms with van der Waals surface area (Å²) in [6.45, 7) is 1.08. The van der Waals surface area contributed by atoms with Gasteiger partial charge in [0.05, 0.1) is 17.2 Å². The third kappa shape index (κ3) is 6.35. The molecular formula is C24H22FN5O4. The minimum atomic E-state index is -0.695. The van der Waals surface area contributed by atoms with Crippen molar-refractivity contribution in [1.82, 2.24) is 20.0 Å². The molecule has 4 aromatic rings. The first-order valence-electron chi connectivity index (χ1n) is 10.7. The Bertz CT molecular complexity index is 1250. The normalized spacial score (nSPS) is 11.2. The predicted octanol–water partition coefficient (Wildman–Crippen LogP) is 5.09. The highest BCUT2D eigenvalue weighted by molar-refractivity contribution is 5.67. The van der Waals surface area contributed by atoms with Crippen molar-refractivity contribution in [2.45, 2.75) is 32.4 Å². The lowest BCUT2D eigenvalue weighted by molar-refractivity contribution is -0.385. The Morgan fingerprint density at radius 2 is 2.00 bits per heavy atom. The summed E-state index contributed by atoms with van der Waals surface area (Å²) < 4.78 is 26.9. The number of oxazole rings is 1. The molecule has 2 aromatic heterocycles. The van der Waals surface area contributed by atoms with E-state index in [2.05, 4.69) is 15.3 Å². The van der Waals surface area contributed by atoms with Crippen LogP contribution in [0.3, 0.4) is 0 Å². The molecule has 0 N–H and O–H groups in total. The molecule has 0 radical (unpaired) electrons. The molecule has 0 fully saturated rings. The quantitative estimate of drug-likeness (QED) is 0.173. The van der Waals surface area contributed by atoms with Crippen LogP contribution < -0.4 is 4.74 Å².